The standard InChI is InChI=1S/C70H78N4O/c1-47-35-53(68(5,6)7)42-61(51-38-50(49-23-15-14-16-24-49)39-55(40-51)70(11,12)13)58(47)25-21-22-34-72-46-73(64-29-20-19-28-63(64)72)56-37-48(36-54(41-56)69(8,9)10)45-75-57-30-31-60-59-26-17-18-27-62(59)74(65(60)44-57)66-43-52(32-33-71-66)67(2,3)4/h14-20,23-24,26-33,35-44H,21-22,25,34,45-46H2,1-13H3/i1D3. The molecule has 0 radical (unpaired) electrons. The molecule has 75 heavy (non-hydrogen) atoms. The second-order valence-electron chi connectivity index (χ2n) is 25.1. The third-order valence-electron chi connectivity index (χ3n) is 15.3. The highest BCUT2D eigenvalue weighted by molar-refractivity contribution is 6.09. The quantitative estimate of drug-likeness (QED) is 0.114. The van der Waals surface area contributed by atoms with Crippen molar-refractivity contribution in [3.05, 3.63) is 203 Å². The van der Waals surface area contributed by atoms with Crippen molar-refractivity contribution in [3.63, 3.8) is 0 Å². The first-order chi connectivity index (χ1) is 36.8. The summed E-state index contributed by atoms with van der Waals surface area (Å²) in [7, 11) is 0. The summed E-state index contributed by atoms with van der Waals surface area (Å²) in [6.07, 6.45) is 4.30. The molecule has 10 rings (SSSR count). The third-order valence-corrected chi connectivity index (χ3v) is 15.3. The first-order valence-corrected chi connectivity index (χ1v) is 27.1. The van der Waals surface area contributed by atoms with E-state index in [1.54, 1.807) is 0 Å². The Morgan fingerprint density at radius 3 is 1.92 bits per heavy atom. The molecule has 7 aromatic carbocycles. The second kappa shape index (κ2) is 19.9. The van der Waals surface area contributed by atoms with Gasteiger partial charge in [0.2, 0.25) is 0 Å². The van der Waals surface area contributed by atoms with Crippen molar-refractivity contribution in [3.8, 4) is 33.8 Å². The molecule has 384 valence electrons. The third kappa shape index (κ3) is 10.7. The highest BCUT2D eigenvalue weighted by atomic mass is 16.5. The molecule has 2 aromatic heterocycles. The van der Waals surface area contributed by atoms with Gasteiger partial charge in [0.15, 0.2) is 0 Å². The minimum Gasteiger partial charge on any atom is -0.489 e. The van der Waals surface area contributed by atoms with E-state index in [0.717, 1.165) is 92.0 Å². The van der Waals surface area contributed by atoms with Gasteiger partial charge >= 0.3 is 0 Å². The zero-order valence-electron chi connectivity index (χ0n) is 49.5. The van der Waals surface area contributed by atoms with Gasteiger partial charge in [-0.3, -0.25) is 4.57 Å². The normalized spacial score (nSPS) is 14.1. The Balaban J connectivity index is 0.925. The van der Waals surface area contributed by atoms with Crippen LogP contribution in [0.15, 0.2) is 164 Å². The van der Waals surface area contributed by atoms with Crippen molar-refractivity contribution >= 4 is 38.9 Å². The fourth-order valence-corrected chi connectivity index (χ4v) is 10.8. The van der Waals surface area contributed by atoms with Gasteiger partial charge in [-0.1, -0.05) is 174 Å². The lowest BCUT2D eigenvalue weighted by Gasteiger charge is -2.27. The number of benzene rings is 7. The first kappa shape index (κ1) is 47.6. The Labute approximate surface area is 452 Å². The van der Waals surface area contributed by atoms with Crippen LogP contribution >= 0.6 is 0 Å². The highest BCUT2D eigenvalue weighted by Crippen LogP contribution is 2.44. The van der Waals surface area contributed by atoms with Crippen molar-refractivity contribution in [2.75, 3.05) is 23.0 Å². The topological polar surface area (TPSA) is 33.5 Å². The molecule has 9 aromatic rings. The van der Waals surface area contributed by atoms with Gasteiger partial charge in [-0.2, -0.15) is 0 Å². The van der Waals surface area contributed by atoms with Crippen LogP contribution in [-0.2, 0) is 34.7 Å². The van der Waals surface area contributed by atoms with Crippen molar-refractivity contribution in [2.24, 2.45) is 0 Å². The van der Waals surface area contributed by atoms with Gasteiger partial charge in [0.25, 0.3) is 0 Å². The molecular weight excluding hydrogens is 913 g/mol. The SMILES string of the molecule is [2H]C([2H])([2H])c1cc(C(C)(C)C)cc(-c2cc(-c3ccccc3)cc(C(C)(C)C)c2)c1CCCCN1CN(c2cc(COc3ccc4c5ccccc5n(-c5cc(C(C)(C)C)ccn5)c4c3)cc(C(C)(C)C)c2)c2ccccc21. The summed E-state index contributed by atoms with van der Waals surface area (Å²) >= 11 is 0. The van der Waals surface area contributed by atoms with E-state index in [2.05, 4.69) is 249 Å². The number of aryl methyl sites for hydroxylation is 1. The fourth-order valence-electron chi connectivity index (χ4n) is 10.8. The molecule has 1 aliphatic heterocycles. The Bertz CT molecular complexity index is 3650. The van der Waals surface area contributed by atoms with E-state index in [0.29, 0.717) is 25.3 Å². The summed E-state index contributed by atoms with van der Waals surface area (Å²) in [4.78, 5) is 9.83. The molecule has 5 nitrogen and oxygen atoms in total. The molecule has 0 fully saturated rings. The molecule has 5 heteroatoms. The molecule has 0 aliphatic carbocycles. The average Bonchev–Trinajstić information content (AvgIpc) is 4.04. The van der Waals surface area contributed by atoms with Crippen LogP contribution in [0.1, 0.15) is 139 Å². The van der Waals surface area contributed by atoms with Crippen molar-refractivity contribution < 1.29 is 8.85 Å². The number of para-hydroxylation sites is 3. The van der Waals surface area contributed by atoms with Crippen LogP contribution < -0.4 is 14.5 Å². The molecule has 0 spiro atoms. The molecule has 0 N–H and O–H groups in total. The van der Waals surface area contributed by atoms with Crippen LogP contribution in [0.25, 0.3) is 49.9 Å². The van der Waals surface area contributed by atoms with E-state index in [9.17, 15) is 0 Å². The molecule has 0 bridgehead atoms. The van der Waals surface area contributed by atoms with Gasteiger partial charge in [-0.25, -0.2) is 4.98 Å². The Morgan fingerprint density at radius 1 is 0.533 bits per heavy atom. The van der Waals surface area contributed by atoms with Crippen molar-refractivity contribution in [2.45, 2.75) is 137 Å². The monoisotopic (exact) mass is 994 g/mol. The average molecular weight is 994 g/mol. The molecule has 0 saturated heterocycles. The van der Waals surface area contributed by atoms with Crippen molar-refractivity contribution in [1.29, 1.82) is 0 Å². The summed E-state index contributed by atoms with van der Waals surface area (Å²) in [5.74, 6) is 1.70. The van der Waals surface area contributed by atoms with E-state index in [1.165, 1.54) is 33.5 Å². The van der Waals surface area contributed by atoms with E-state index in [1.807, 2.05) is 12.3 Å². The second-order valence-corrected chi connectivity index (χ2v) is 25.1. The van der Waals surface area contributed by atoms with E-state index in [-0.39, 0.29) is 21.7 Å². The van der Waals surface area contributed by atoms with Gasteiger partial charge in [-0.05, 0) is 170 Å². The number of aromatic nitrogens is 2. The number of ether oxygens (including phenoxy) is 1. The van der Waals surface area contributed by atoms with Gasteiger partial charge in [0.05, 0.1) is 29.1 Å². The maximum Gasteiger partial charge on any atom is 0.137 e. The highest BCUT2D eigenvalue weighted by Gasteiger charge is 2.29. The maximum atomic E-state index is 8.95. The number of nitrogens with zero attached hydrogens (tertiary/aromatic N) is 4. The predicted octanol–water partition coefficient (Wildman–Crippen LogP) is 18.5. The molecule has 0 unspecified atom stereocenters. The lowest BCUT2D eigenvalue weighted by Crippen LogP contribution is -2.29. The number of rotatable bonds is 12. The Kier molecular flexibility index (Phi) is 12.6. The van der Waals surface area contributed by atoms with E-state index in [4.69, 9.17) is 13.8 Å². The first-order valence-electron chi connectivity index (χ1n) is 28.6. The van der Waals surface area contributed by atoms with Gasteiger partial charge < -0.3 is 14.5 Å². The minimum atomic E-state index is -2.28. The molecule has 0 saturated carbocycles. The van der Waals surface area contributed by atoms with Gasteiger partial charge in [0.1, 0.15) is 18.2 Å². The van der Waals surface area contributed by atoms with E-state index < -0.39 is 6.85 Å². The summed E-state index contributed by atoms with van der Waals surface area (Å²) in [6.45, 7) is 26.5. The summed E-state index contributed by atoms with van der Waals surface area (Å²) in [5, 5.41) is 2.34. The molecule has 3 heterocycles. The Morgan fingerprint density at radius 2 is 1.19 bits per heavy atom. The number of hydrogen-bond donors (Lipinski definition) is 0. The van der Waals surface area contributed by atoms with Crippen molar-refractivity contribution in [1.82, 2.24) is 9.55 Å². The summed E-state index contributed by atoms with van der Waals surface area (Å²) in [6, 6.07) is 56.7. The van der Waals surface area contributed by atoms with Gasteiger partial charge in [-0.15, -0.1) is 0 Å². The van der Waals surface area contributed by atoms with Crippen LogP contribution in [0.4, 0.5) is 17.1 Å². The van der Waals surface area contributed by atoms with E-state index >= 15 is 0 Å². The Hall–Kier alpha value is -7.11. The molecule has 0 amide bonds. The molecular formula is C70H78N4O. The summed E-state index contributed by atoms with van der Waals surface area (Å²) < 4.78 is 35.9. The number of anilines is 3. The smallest absolute Gasteiger partial charge is 0.137 e. The lowest BCUT2D eigenvalue weighted by atomic mass is 9.79. The minimum absolute atomic E-state index is 0.0183. The molecule has 1 aliphatic rings. The number of fused-ring (bicyclic) bond motifs is 4. The fraction of sp³-hybridized carbons (Fsp3) is 0.329. The van der Waals surface area contributed by atoms with Crippen LogP contribution in [0.5, 0.6) is 5.75 Å². The zero-order chi connectivity index (χ0) is 55.5. The van der Waals surface area contributed by atoms with Crippen LogP contribution in [0.3, 0.4) is 0 Å². The maximum absolute atomic E-state index is 8.95. The van der Waals surface area contributed by atoms with Crippen LogP contribution in [-0.4, -0.2) is 22.8 Å². The predicted molar refractivity (Wildman–Crippen MR) is 320 cm³/mol. The van der Waals surface area contributed by atoms with Crippen LogP contribution in [0, 0.1) is 6.85 Å². The zero-order valence-corrected chi connectivity index (χ0v) is 46.5. The number of pyridine rings is 1. The molecule has 0 atom stereocenters. The lowest BCUT2D eigenvalue weighted by molar-refractivity contribution is 0.306. The number of unbranched alkanes of at least 4 members (excludes halogenated alkanes) is 1. The van der Waals surface area contributed by atoms with Gasteiger partial charge in [0, 0.05) is 39.4 Å². The van der Waals surface area contributed by atoms with Crippen LogP contribution in [0.2, 0.25) is 0 Å². The summed E-state index contributed by atoms with van der Waals surface area (Å²) in [5.41, 5.74) is 16.8. The number of hydrogen-bond acceptors (Lipinski definition) is 4. The largest absolute Gasteiger partial charge is 0.489 e.